The number of hydrogen-bond acceptors (Lipinski definition) is 3. The second kappa shape index (κ2) is 5.33. The molecule has 1 rings (SSSR count). The second-order valence-corrected chi connectivity index (χ2v) is 2.61. The molecule has 0 saturated carbocycles. The van der Waals surface area contributed by atoms with E-state index in [2.05, 4.69) is 39.3 Å². The highest BCUT2D eigenvalue weighted by molar-refractivity contribution is 5.03. The van der Waals surface area contributed by atoms with Gasteiger partial charge >= 0.3 is 0 Å². The highest BCUT2D eigenvalue weighted by atomic mass is 15.2. The molecule has 0 radical (unpaired) electrons. The minimum absolute atomic E-state index is 0.167. The highest BCUT2D eigenvalue weighted by Crippen LogP contribution is 2.09. The number of aromatic amines is 1. The molecule has 0 amide bonds. The van der Waals surface area contributed by atoms with Crippen molar-refractivity contribution in [3.8, 4) is 11.8 Å². The number of nitrogens with zero attached hydrogens (tertiary/aromatic N) is 2. The van der Waals surface area contributed by atoms with Crippen LogP contribution >= 0.6 is 0 Å². The van der Waals surface area contributed by atoms with E-state index in [1.54, 1.807) is 0 Å². The van der Waals surface area contributed by atoms with Gasteiger partial charge in [-0.2, -0.15) is 5.10 Å². The van der Waals surface area contributed by atoms with Crippen molar-refractivity contribution in [2.24, 2.45) is 0 Å². The summed E-state index contributed by atoms with van der Waals surface area (Å²) >= 11 is 0. The van der Waals surface area contributed by atoms with Gasteiger partial charge in [0.05, 0.1) is 6.04 Å². The normalized spacial score (nSPS) is 11.8. The fourth-order valence-electron chi connectivity index (χ4n) is 1.10. The van der Waals surface area contributed by atoms with Gasteiger partial charge in [-0.05, 0) is 13.5 Å². The first-order valence-electron chi connectivity index (χ1n) is 4.36. The molecule has 0 spiro atoms. The van der Waals surface area contributed by atoms with Gasteiger partial charge < -0.3 is 5.32 Å². The topological polar surface area (TPSA) is 53.6 Å². The molecule has 0 bridgehead atoms. The van der Waals surface area contributed by atoms with Crippen LogP contribution in [-0.4, -0.2) is 21.7 Å². The summed E-state index contributed by atoms with van der Waals surface area (Å²) < 4.78 is 0. The molecule has 70 valence electrons. The summed E-state index contributed by atoms with van der Waals surface area (Å²) in [5.41, 5.74) is 0. The lowest BCUT2D eigenvalue weighted by Gasteiger charge is -2.10. The SMILES string of the molecule is CC#CCC(NCC)c1ncn[nH]1. The Labute approximate surface area is 78.2 Å². The lowest BCUT2D eigenvalue weighted by atomic mass is 10.2. The molecule has 1 aromatic heterocycles. The summed E-state index contributed by atoms with van der Waals surface area (Å²) in [7, 11) is 0. The van der Waals surface area contributed by atoms with Crippen molar-refractivity contribution in [1.29, 1.82) is 0 Å². The second-order valence-electron chi connectivity index (χ2n) is 2.61. The first-order chi connectivity index (χ1) is 6.38. The van der Waals surface area contributed by atoms with E-state index in [1.165, 1.54) is 6.33 Å². The van der Waals surface area contributed by atoms with Crippen molar-refractivity contribution in [3.05, 3.63) is 12.2 Å². The van der Waals surface area contributed by atoms with E-state index >= 15 is 0 Å². The molecule has 0 aliphatic heterocycles. The van der Waals surface area contributed by atoms with E-state index < -0.39 is 0 Å². The summed E-state index contributed by atoms with van der Waals surface area (Å²) in [5.74, 6) is 6.74. The molecule has 0 aliphatic rings. The monoisotopic (exact) mass is 178 g/mol. The van der Waals surface area contributed by atoms with Crippen molar-refractivity contribution in [2.45, 2.75) is 26.3 Å². The summed E-state index contributed by atoms with van der Waals surface area (Å²) in [6.45, 7) is 4.79. The van der Waals surface area contributed by atoms with E-state index in [4.69, 9.17) is 0 Å². The first kappa shape index (κ1) is 9.75. The van der Waals surface area contributed by atoms with Gasteiger partial charge in [0.15, 0.2) is 0 Å². The van der Waals surface area contributed by atoms with Crippen LogP contribution in [0.1, 0.15) is 32.1 Å². The smallest absolute Gasteiger partial charge is 0.142 e. The average molecular weight is 178 g/mol. The van der Waals surface area contributed by atoms with Gasteiger partial charge in [-0.3, -0.25) is 5.10 Å². The number of H-pyrrole nitrogens is 1. The molecule has 13 heavy (non-hydrogen) atoms. The Hall–Kier alpha value is -1.34. The molecule has 2 N–H and O–H groups in total. The van der Waals surface area contributed by atoms with Crippen LogP contribution in [0.2, 0.25) is 0 Å². The number of aromatic nitrogens is 3. The fourth-order valence-corrected chi connectivity index (χ4v) is 1.10. The molecule has 0 saturated heterocycles. The van der Waals surface area contributed by atoms with Gasteiger partial charge in [0.25, 0.3) is 0 Å². The van der Waals surface area contributed by atoms with Gasteiger partial charge in [-0.1, -0.05) is 6.92 Å². The molecule has 1 aromatic rings. The Kier molecular flexibility index (Phi) is 4.00. The summed E-state index contributed by atoms with van der Waals surface area (Å²) in [4.78, 5) is 4.09. The van der Waals surface area contributed by atoms with Crippen molar-refractivity contribution in [1.82, 2.24) is 20.5 Å². The molecule has 4 heteroatoms. The summed E-state index contributed by atoms with van der Waals surface area (Å²) in [6.07, 6.45) is 2.28. The van der Waals surface area contributed by atoms with Gasteiger partial charge in [0.1, 0.15) is 12.2 Å². The molecule has 0 fully saturated rings. The zero-order valence-corrected chi connectivity index (χ0v) is 7.96. The van der Waals surface area contributed by atoms with Crippen LogP contribution in [0, 0.1) is 11.8 Å². The molecular formula is C9H14N4. The van der Waals surface area contributed by atoms with E-state index in [-0.39, 0.29) is 6.04 Å². The minimum atomic E-state index is 0.167. The minimum Gasteiger partial charge on any atom is -0.307 e. The predicted molar refractivity (Wildman–Crippen MR) is 50.9 cm³/mol. The molecule has 1 atom stereocenters. The third-order valence-corrected chi connectivity index (χ3v) is 1.70. The fraction of sp³-hybridized carbons (Fsp3) is 0.556. The number of nitrogens with one attached hydrogen (secondary N) is 2. The molecule has 0 aliphatic carbocycles. The van der Waals surface area contributed by atoms with Gasteiger partial charge in [-0.25, -0.2) is 4.98 Å². The zero-order valence-electron chi connectivity index (χ0n) is 7.96. The lowest BCUT2D eigenvalue weighted by molar-refractivity contribution is 0.537. The third-order valence-electron chi connectivity index (χ3n) is 1.70. The molecule has 0 aromatic carbocycles. The average Bonchev–Trinajstić information content (AvgIpc) is 2.65. The molecular weight excluding hydrogens is 164 g/mol. The standard InChI is InChI=1S/C9H14N4/c1-3-5-6-8(10-4-2)9-11-7-12-13-9/h7-8,10H,4,6H2,1-2H3,(H,11,12,13). The number of hydrogen-bond donors (Lipinski definition) is 2. The van der Waals surface area contributed by atoms with Crippen molar-refractivity contribution in [3.63, 3.8) is 0 Å². The van der Waals surface area contributed by atoms with Gasteiger partial charge in [0.2, 0.25) is 0 Å². The summed E-state index contributed by atoms with van der Waals surface area (Å²) in [6, 6.07) is 0.167. The predicted octanol–water partition coefficient (Wildman–Crippen LogP) is 0.869. The Bertz CT molecular complexity index is 280. The molecule has 1 unspecified atom stereocenters. The lowest BCUT2D eigenvalue weighted by Crippen LogP contribution is -2.21. The summed E-state index contributed by atoms with van der Waals surface area (Å²) in [5, 5.41) is 9.93. The van der Waals surface area contributed by atoms with Crippen LogP contribution in [-0.2, 0) is 0 Å². The maximum Gasteiger partial charge on any atom is 0.142 e. The van der Waals surface area contributed by atoms with Crippen LogP contribution in [0.15, 0.2) is 6.33 Å². The Morgan fingerprint density at radius 3 is 3.08 bits per heavy atom. The first-order valence-corrected chi connectivity index (χ1v) is 4.36. The highest BCUT2D eigenvalue weighted by Gasteiger charge is 2.10. The van der Waals surface area contributed by atoms with Gasteiger partial charge in [0, 0.05) is 6.42 Å². The van der Waals surface area contributed by atoms with Crippen molar-refractivity contribution < 1.29 is 0 Å². The quantitative estimate of drug-likeness (QED) is 0.673. The van der Waals surface area contributed by atoms with E-state index in [9.17, 15) is 0 Å². The number of rotatable bonds is 4. The Balaban J connectivity index is 2.60. The third kappa shape index (κ3) is 2.88. The zero-order chi connectivity index (χ0) is 9.52. The van der Waals surface area contributed by atoms with E-state index in [0.29, 0.717) is 0 Å². The maximum absolute atomic E-state index is 4.09. The molecule has 1 heterocycles. The van der Waals surface area contributed by atoms with E-state index in [1.807, 2.05) is 6.92 Å². The van der Waals surface area contributed by atoms with Crippen LogP contribution in [0.25, 0.3) is 0 Å². The Morgan fingerprint density at radius 2 is 2.54 bits per heavy atom. The molecule has 4 nitrogen and oxygen atoms in total. The van der Waals surface area contributed by atoms with Crippen LogP contribution in [0.3, 0.4) is 0 Å². The van der Waals surface area contributed by atoms with Crippen LogP contribution in [0.5, 0.6) is 0 Å². The largest absolute Gasteiger partial charge is 0.307 e. The Morgan fingerprint density at radius 1 is 1.69 bits per heavy atom. The van der Waals surface area contributed by atoms with E-state index in [0.717, 1.165) is 18.8 Å². The maximum atomic E-state index is 4.09. The van der Waals surface area contributed by atoms with Crippen molar-refractivity contribution in [2.75, 3.05) is 6.54 Å². The van der Waals surface area contributed by atoms with Crippen molar-refractivity contribution >= 4 is 0 Å². The van der Waals surface area contributed by atoms with Crippen LogP contribution in [0.4, 0.5) is 0 Å². The van der Waals surface area contributed by atoms with Gasteiger partial charge in [-0.15, -0.1) is 11.8 Å². The van der Waals surface area contributed by atoms with Crippen LogP contribution < -0.4 is 5.32 Å².